The Bertz CT molecular complexity index is 1460. The van der Waals surface area contributed by atoms with Gasteiger partial charge in [-0.3, -0.25) is 0 Å². The number of nitrogens with zero attached hydrogens (tertiary/aromatic N) is 2. The summed E-state index contributed by atoms with van der Waals surface area (Å²) in [6.07, 6.45) is 4.62. The third kappa shape index (κ3) is 5.58. The molecule has 0 amide bonds. The van der Waals surface area contributed by atoms with Crippen LogP contribution in [0.2, 0.25) is 0 Å². The molecule has 0 saturated carbocycles. The van der Waals surface area contributed by atoms with E-state index in [1.807, 2.05) is 0 Å². The summed E-state index contributed by atoms with van der Waals surface area (Å²) in [6.45, 7) is 5.79. The van der Waals surface area contributed by atoms with Crippen molar-refractivity contribution in [3.05, 3.63) is 74.0 Å². The van der Waals surface area contributed by atoms with E-state index >= 15 is 0 Å². The average Bonchev–Trinajstić information content (AvgIpc) is 3.61. The van der Waals surface area contributed by atoms with Crippen LogP contribution in [-0.4, -0.2) is 47.0 Å². The fourth-order valence-corrected chi connectivity index (χ4v) is 8.72. The van der Waals surface area contributed by atoms with Crippen molar-refractivity contribution in [3.63, 3.8) is 0 Å². The average molecular weight is 665 g/mol. The van der Waals surface area contributed by atoms with Crippen LogP contribution in [0.25, 0.3) is 21.4 Å². The van der Waals surface area contributed by atoms with E-state index in [2.05, 4.69) is 83.3 Å². The molecule has 0 aliphatic carbocycles. The molecule has 9 heteroatoms. The third-order valence-electron chi connectivity index (χ3n) is 6.19. The minimum atomic E-state index is 0. The Hall–Kier alpha value is -2.00. The number of halogens is 1. The van der Waals surface area contributed by atoms with E-state index in [1.165, 1.54) is 24.8 Å². The number of thiophene rings is 1. The number of thioether (sulfide) groups is 1. The first kappa shape index (κ1) is 28.0. The van der Waals surface area contributed by atoms with Gasteiger partial charge in [0.15, 0.2) is 0 Å². The van der Waals surface area contributed by atoms with Crippen LogP contribution in [0, 0.1) is 6.92 Å². The first-order chi connectivity index (χ1) is 17.6. The van der Waals surface area contributed by atoms with Gasteiger partial charge in [-0.25, -0.2) is 0 Å². The molecule has 1 aliphatic rings. The minimum Gasteiger partial charge on any atom is -1.00 e. The Balaban J connectivity index is 0.00000320. The van der Waals surface area contributed by atoms with Crippen molar-refractivity contribution < 1.29 is 36.1 Å². The Morgan fingerprint density at radius 2 is 2.00 bits per heavy atom. The number of anilines is 1. The van der Waals surface area contributed by atoms with Crippen LogP contribution in [0.3, 0.4) is 0 Å². The molecule has 194 valence electrons. The summed E-state index contributed by atoms with van der Waals surface area (Å²) < 4.78 is 16.2. The van der Waals surface area contributed by atoms with E-state index in [-0.39, 0.29) is 38.1 Å². The van der Waals surface area contributed by atoms with Gasteiger partial charge in [-0.1, -0.05) is 0 Å². The van der Waals surface area contributed by atoms with Gasteiger partial charge in [-0.2, -0.15) is 0 Å². The van der Waals surface area contributed by atoms with Crippen molar-refractivity contribution >= 4 is 64.7 Å². The molecule has 1 N–H and O–H groups in total. The first-order valence-corrected chi connectivity index (χ1v) is 15.2. The summed E-state index contributed by atoms with van der Waals surface area (Å²) in [5, 5.41) is 13.1. The Kier molecular flexibility index (Phi) is 9.27. The third-order valence-corrected chi connectivity index (χ3v) is 10.5. The maximum atomic E-state index is 9.86. The maximum Gasteiger partial charge on any atom is -1.00 e. The van der Waals surface area contributed by atoms with Crippen LogP contribution in [0.15, 0.2) is 63.8 Å². The van der Waals surface area contributed by atoms with E-state index in [1.54, 1.807) is 37.3 Å². The number of rotatable bonds is 8. The van der Waals surface area contributed by atoms with Gasteiger partial charge in [0.1, 0.15) is 0 Å². The number of β-amino-alcohol motifs (C(OH)–C–C–N with tert-alkyl or cyclic N) is 1. The van der Waals surface area contributed by atoms with Crippen molar-refractivity contribution in [1.82, 2.24) is 0 Å². The fraction of sp³-hybridized carbons (Fsp3) is 0.250. The second-order valence-electron chi connectivity index (χ2n) is 8.34. The molecule has 0 saturated heterocycles. The summed E-state index contributed by atoms with van der Waals surface area (Å²) in [4.78, 5) is 4.59. The van der Waals surface area contributed by atoms with Gasteiger partial charge in [0, 0.05) is 0 Å². The zero-order chi connectivity index (χ0) is 25.2. The van der Waals surface area contributed by atoms with Gasteiger partial charge < -0.3 is 17.0 Å². The van der Waals surface area contributed by atoms with Crippen LogP contribution >= 0.6 is 23.1 Å². The molecule has 4 aromatic rings. The molecular formula is C28H29BrN2O3S2Se. The summed E-state index contributed by atoms with van der Waals surface area (Å²) in [5.74, 6) is 1.77. The molecule has 5 rings (SSSR count). The zero-order valence-corrected chi connectivity index (χ0v) is 26.1. The predicted molar refractivity (Wildman–Crippen MR) is 152 cm³/mol. The minimum absolute atomic E-state index is 0. The molecule has 0 unspecified atom stereocenters. The Morgan fingerprint density at radius 3 is 2.68 bits per heavy atom. The molecule has 2 aromatic heterocycles. The predicted octanol–water partition coefficient (Wildman–Crippen LogP) is 2.58. The Morgan fingerprint density at radius 1 is 1.16 bits per heavy atom. The van der Waals surface area contributed by atoms with Crippen molar-refractivity contribution in [3.8, 4) is 11.5 Å². The number of aromatic nitrogens is 1. The number of fused-ring (bicyclic) bond motifs is 2. The number of hydrogen-bond acceptors (Lipinski definition) is 6. The first-order valence-electron chi connectivity index (χ1n) is 11.8. The quantitative estimate of drug-likeness (QED) is 0.232. The van der Waals surface area contributed by atoms with Crippen LogP contribution in [-0.2, 0) is 6.54 Å². The van der Waals surface area contributed by atoms with Crippen molar-refractivity contribution in [1.29, 1.82) is 0 Å². The standard InChI is InChI=1S/C28H29N2O3S2Se.BrH/c1-5-29-22-16-20(32-3)8-9-26(22)36-28(29)15-19(24-7-6-12-34-24)14-27-30(10-11-31)21-13-18(2)23(33-4)17-25(21)35-27;/h6-9,12-17,31H,5,10-11H2,1-4H3;1H/q+1;/p-1. The summed E-state index contributed by atoms with van der Waals surface area (Å²) in [7, 11) is 3.43. The summed E-state index contributed by atoms with van der Waals surface area (Å²) in [6, 6.07) is 14.9. The van der Waals surface area contributed by atoms with Crippen LogP contribution in [0.4, 0.5) is 5.69 Å². The van der Waals surface area contributed by atoms with E-state index in [0.29, 0.717) is 6.54 Å². The van der Waals surface area contributed by atoms with Crippen molar-refractivity contribution in [2.24, 2.45) is 0 Å². The number of aliphatic hydroxyl groups is 1. The molecule has 0 atom stereocenters. The topological polar surface area (TPSA) is 45.8 Å². The van der Waals surface area contributed by atoms with Gasteiger partial charge in [0.05, 0.1) is 0 Å². The molecule has 0 bridgehead atoms. The van der Waals surface area contributed by atoms with Gasteiger partial charge in [-0.05, 0) is 0 Å². The van der Waals surface area contributed by atoms with Crippen molar-refractivity contribution in [2.75, 3.05) is 32.3 Å². The smallest absolute Gasteiger partial charge is 1.00 e. The molecule has 3 heterocycles. The summed E-state index contributed by atoms with van der Waals surface area (Å²) >= 11 is 3.69. The summed E-state index contributed by atoms with van der Waals surface area (Å²) in [5.41, 5.74) is 4.64. The van der Waals surface area contributed by atoms with E-state index in [0.717, 1.165) is 39.2 Å². The van der Waals surface area contributed by atoms with Gasteiger partial charge in [0.2, 0.25) is 0 Å². The number of benzene rings is 2. The van der Waals surface area contributed by atoms with Gasteiger partial charge >= 0.3 is 227 Å². The molecular weight excluding hydrogens is 635 g/mol. The van der Waals surface area contributed by atoms with E-state index in [4.69, 9.17) is 9.47 Å². The number of ether oxygens (including phenoxy) is 2. The molecule has 0 radical (unpaired) electrons. The molecule has 0 fully saturated rings. The maximum absolute atomic E-state index is 9.86. The molecule has 0 spiro atoms. The second-order valence-corrected chi connectivity index (χ2v) is 12.6. The van der Waals surface area contributed by atoms with Gasteiger partial charge in [-0.15, -0.1) is 0 Å². The fourth-order valence-electron chi connectivity index (χ4n) is 4.43. The van der Waals surface area contributed by atoms with Crippen LogP contribution in [0.1, 0.15) is 21.9 Å². The second kappa shape index (κ2) is 12.2. The molecule has 2 aromatic carbocycles. The zero-order valence-electron chi connectivity index (χ0n) is 21.2. The van der Waals surface area contributed by atoms with E-state index in [9.17, 15) is 5.11 Å². The molecule has 5 nitrogen and oxygen atoms in total. The van der Waals surface area contributed by atoms with Crippen LogP contribution < -0.4 is 35.9 Å². The normalized spacial score (nSPS) is 14.2. The van der Waals surface area contributed by atoms with E-state index < -0.39 is 0 Å². The number of aliphatic hydroxyl groups excluding tert-OH is 1. The molecule has 37 heavy (non-hydrogen) atoms. The van der Waals surface area contributed by atoms with Gasteiger partial charge in [0.25, 0.3) is 0 Å². The van der Waals surface area contributed by atoms with Crippen LogP contribution in [0.5, 0.6) is 11.5 Å². The number of allylic oxidation sites excluding steroid dienone is 2. The number of methoxy groups -OCH3 is 2. The SMILES string of the molecule is CC[n+]1c(/C=C(\C=C2/Sc3cc(OC)c(C)cc3N2CCO)c2cccs2)[se]c2ccc(OC)cc21.[Br-]. The van der Waals surface area contributed by atoms with Crippen molar-refractivity contribution in [2.45, 2.75) is 25.3 Å². The number of aryl methyl sites for hydroxylation is 2. The number of hydrogen-bond donors (Lipinski definition) is 1. The monoisotopic (exact) mass is 664 g/mol. The largest absolute Gasteiger partial charge is 1.00 e. The molecule has 1 aliphatic heterocycles. The Labute approximate surface area is 242 Å².